The number of halogens is 1. The molecule has 3 rings (SSSR count). The molecule has 1 fully saturated rings. The van der Waals surface area contributed by atoms with Gasteiger partial charge >= 0.3 is 5.97 Å². The quantitative estimate of drug-likeness (QED) is 0.721. The van der Waals surface area contributed by atoms with E-state index in [-0.39, 0.29) is 18.4 Å². The fraction of sp³-hybridized carbons (Fsp3) is 0.450. The molecule has 7 nitrogen and oxygen atoms in total. The number of anilines is 2. The highest BCUT2D eigenvalue weighted by atomic mass is 35.5. The maximum atomic E-state index is 12.8. The Labute approximate surface area is 179 Å². The SMILES string of the molecule is CC(C)(C)OC(=O)CN1CCN(C(=O)c2csc(Nc3ccccc3Cl)n2)CC1. The number of esters is 1. The van der Waals surface area contributed by atoms with Crippen LogP contribution >= 0.6 is 22.9 Å². The van der Waals surface area contributed by atoms with Crippen molar-refractivity contribution in [1.82, 2.24) is 14.8 Å². The molecule has 156 valence electrons. The van der Waals surface area contributed by atoms with Gasteiger partial charge in [0.25, 0.3) is 5.91 Å². The van der Waals surface area contributed by atoms with Crippen molar-refractivity contribution in [3.63, 3.8) is 0 Å². The van der Waals surface area contributed by atoms with Crippen LogP contribution in [0.5, 0.6) is 0 Å². The zero-order valence-electron chi connectivity index (χ0n) is 16.8. The van der Waals surface area contributed by atoms with Crippen LogP contribution in [0.1, 0.15) is 31.3 Å². The van der Waals surface area contributed by atoms with E-state index in [9.17, 15) is 9.59 Å². The normalized spacial score (nSPS) is 15.2. The van der Waals surface area contributed by atoms with Gasteiger partial charge in [0.2, 0.25) is 0 Å². The van der Waals surface area contributed by atoms with Crippen molar-refractivity contribution in [2.75, 3.05) is 38.0 Å². The van der Waals surface area contributed by atoms with Crippen LogP contribution in [0.2, 0.25) is 5.02 Å². The highest BCUT2D eigenvalue weighted by Crippen LogP contribution is 2.27. The predicted octanol–water partition coefficient (Wildman–Crippen LogP) is 3.64. The summed E-state index contributed by atoms with van der Waals surface area (Å²) in [6.45, 7) is 8.14. The van der Waals surface area contributed by atoms with Gasteiger partial charge in [-0.05, 0) is 32.9 Å². The summed E-state index contributed by atoms with van der Waals surface area (Å²) in [5.74, 6) is -0.350. The first kappa shape index (κ1) is 21.5. The summed E-state index contributed by atoms with van der Waals surface area (Å²) in [5, 5.41) is 6.10. The van der Waals surface area contributed by atoms with Gasteiger partial charge in [-0.2, -0.15) is 0 Å². The van der Waals surface area contributed by atoms with Gasteiger partial charge in [0.15, 0.2) is 5.13 Å². The second-order valence-electron chi connectivity index (χ2n) is 7.80. The summed E-state index contributed by atoms with van der Waals surface area (Å²) >= 11 is 7.51. The number of ether oxygens (including phenoxy) is 1. The molecule has 0 saturated carbocycles. The Morgan fingerprint density at radius 2 is 1.90 bits per heavy atom. The maximum Gasteiger partial charge on any atom is 0.320 e. The van der Waals surface area contributed by atoms with Crippen LogP contribution < -0.4 is 5.32 Å². The topological polar surface area (TPSA) is 74.8 Å². The fourth-order valence-corrected chi connectivity index (χ4v) is 3.81. The van der Waals surface area contributed by atoms with E-state index in [1.807, 2.05) is 43.9 Å². The number of carbonyl (C=O) groups excluding carboxylic acids is 2. The monoisotopic (exact) mass is 436 g/mol. The Balaban J connectivity index is 1.52. The molecule has 1 aliphatic rings. The molecule has 0 radical (unpaired) electrons. The smallest absolute Gasteiger partial charge is 0.320 e. The molecular weight excluding hydrogens is 412 g/mol. The Hall–Kier alpha value is -2.16. The average Bonchev–Trinajstić information content (AvgIpc) is 3.11. The number of carbonyl (C=O) groups is 2. The number of thiazole rings is 1. The van der Waals surface area contributed by atoms with Gasteiger partial charge in [0.05, 0.1) is 17.3 Å². The van der Waals surface area contributed by atoms with Crippen LogP contribution in [0.15, 0.2) is 29.6 Å². The van der Waals surface area contributed by atoms with Crippen molar-refractivity contribution in [3.05, 3.63) is 40.4 Å². The van der Waals surface area contributed by atoms with Crippen molar-refractivity contribution >= 4 is 45.6 Å². The third-order valence-corrected chi connectivity index (χ3v) is 5.36. The van der Waals surface area contributed by atoms with E-state index in [1.165, 1.54) is 11.3 Å². The standard InChI is InChI=1S/C20H25ClN4O3S/c1-20(2,3)28-17(26)12-24-8-10-25(11-9-24)18(27)16-13-29-19(23-16)22-15-7-5-4-6-14(15)21/h4-7,13H,8-12H2,1-3H3,(H,22,23). The third-order valence-electron chi connectivity index (χ3n) is 4.27. The summed E-state index contributed by atoms with van der Waals surface area (Å²) in [6.07, 6.45) is 0. The third kappa shape index (κ3) is 6.16. The summed E-state index contributed by atoms with van der Waals surface area (Å²) < 4.78 is 5.36. The van der Waals surface area contributed by atoms with Crippen LogP contribution in [-0.2, 0) is 9.53 Å². The summed E-state index contributed by atoms with van der Waals surface area (Å²) in [7, 11) is 0. The molecule has 0 aliphatic carbocycles. The van der Waals surface area contributed by atoms with Crippen LogP contribution in [0, 0.1) is 0 Å². The van der Waals surface area contributed by atoms with Crippen molar-refractivity contribution in [2.24, 2.45) is 0 Å². The van der Waals surface area contributed by atoms with Crippen molar-refractivity contribution < 1.29 is 14.3 Å². The second kappa shape index (κ2) is 9.11. The number of benzene rings is 1. The van der Waals surface area contributed by atoms with E-state index in [0.717, 1.165) is 5.69 Å². The molecule has 0 atom stereocenters. The zero-order valence-corrected chi connectivity index (χ0v) is 18.3. The summed E-state index contributed by atoms with van der Waals surface area (Å²) in [6, 6.07) is 7.38. The number of para-hydroxylation sites is 1. The van der Waals surface area contributed by atoms with Gasteiger partial charge in [-0.3, -0.25) is 14.5 Å². The van der Waals surface area contributed by atoms with E-state index in [1.54, 1.807) is 16.3 Å². The van der Waals surface area contributed by atoms with E-state index < -0.39 is 5.60 Å². The van der Waals surface area contributed by atoms with Crippen molar-refractivity contribution in [2.45, 2.75) is 26.4 Å². The molecule has 0 spiro atoms. The summed E-state index contributed by atoms with van der Waals surface area (Å²) in [5.41, 5.74) is 0.665. The van der Waals surface area contributed by atoms with E-state index in [4.69, 9.17) is 16.3 Å². The van der Waals surface area contributed by atoms with Gasteiger partial charge in [0, 0.05) is 31.6 Å². The number of hydrogen-bond acceptors (Lipinski definition) is 7. The second-order valence-corrected chi connectivity index (χ2v) is 9.06. The van der Waals surface area contributed by atoms with Crippen LogP contribution in [0.3, 0.4) is 0 Å². The molecule has 0 bridgehead atoms. The summed E-state index contributed by atoms with van der Waals surface area (Å²) in [4.78, 5) is 32.9. The molecule has 1 aromatic heterocycles. The van der Waals surface area contributed by atoms with Crippen molar-refractivity contribution in [1.29, 1.82) is 0 Å². The fourth-order valence-electron chi connectivity index (χ4n) is 2.93. The van der Waals surface area contributed by atoms with E-state index in [0.29, 0.717) is 42.0 Å². The lowest BCUT2D eigenvalue weighted by atomic mass is 10.2. The van der Waals surface area contributed by atoms with Gasteiger partial charge in [-0.25, -0.2) is 4.98 Å². The number of aromatic nitrogens is 1. The van der Waals surface area contributed by atoms with Crippen LogP contribution in [0.4, 0.5) is 10.8 Å². The first-order valence-corrected chi connectivity index (χ1v) is 10.7. The van der Waals surface area contributed by atoms with Gasteiger partial charge < -0.3 is 15.0 Å². The van der Waals surface area contributed by atoms with Crippen LogP contribution in [0.25, 0.3) is 0 Å². The molecule has 2 aromatic rings. The molecule has 1 aromatic carbocycles. The minimum absolute atomic E-state index is 0.106. The molecule has 0 unspecified atom stereocenters. The molecule has 1 amide bonds. The van der Waals surface area contributed by atoms with Gasteiger partial charge in [-0.15, -0.1) is 11.3 Å². The average molecular weight is 437 g/mol. The number of nitrogens with zero attached hydrogens (tertiary/aromatic N) is 3. The number of rotatable bonds is 5. The lowest BCUT2D eigenvalue weighted by molar-refractivity contribution is -0.156. The molecular formula is C20H25ClN4O3S. The lowest BCUT2D eigenvalue weighted by Crippen LogP contribution is -2.50. The Kier molecular flexibility index (Phi) is 6.77. The predicted molar refractivity (Wildman–Crippen MR) is 115 cm³/mol. The maximum absolute atomic E-state index is 12.8. The minimum atomic E-state index is -0.491. The first-order valence-electron chi connectivity index (χ1n) is 9.42. The lowest BCUT2D eigenvalue weighted by Gasteiger charge is -2.34. The molecule has 29 heavy (non-hydrogen) atoms. The highest BCUT2D eigenvalue weighted by molar-refractivity contribution is 7.14. The van der Waals surface area contributed by atoms with Gasteiger partial charge in [0.1, 0.15) is 11.3 Å². The van der Waals surface area contributed by atoms with Crippen molar-refractivity contribution in [3.8, 4) is 0 Å². The zero-order chi connectivity index (χ0) is 21.0. The Morgan fingerprint density at radius 3 is 2.55 bits per heavy atom. The molecule has 1 saturated heterocycles. The number of amides is 1. The number of piperazine rings is 1. The molecule has 1 aliphatic heterocycles. The van der Waals surface area contributed by atoms with Gasteiger partial charge in [-0.1, -0.05) is 23.7 Å². The van der Waals surface area contributed by atoms with E-state index >= 15 is 0 Å². The Morgan fingerprint density at radius 1 is 1.21 bits per heavy atom. The van der Waals surface area contributed by atoms with Crippen LogP contribution in [-0.4, -0.2) is 65.0 Å². The largest absolute Gasteiger partial charge is 0.459 e. The molecule has 9 heteroatoms. The Bertz CT molecular complexity index is 873. The minimum Gasteiger partial charge on any atom is -0.459 e. The molecule has 1 N–H and O–H groups in total. The first-order chi connectivity index (χ1) is 13.7. The number of hydrogen-bond donors (Lipinski definition) is 1. The molecule has 2 heterocycles. The number of nitrogens with one attached hydrogen (secondary N) is 1. The van der Waals surface area contributed by atoms with E-state index in [2.05, 4.69) is 10.3 Å². The highest BCUT2D eigenvalue weighted by Gasteiger charge is 2.26.